The van der Waals surface area contributed by atoms with Crippen molar-refractivity contribution in [1.29, 1.82) is 0 Å². The molecule has 0 unspecified atom stereocenters. The molecule has 1 aromatic rings. The molecule has 2 atom stereocenters. The number of carbonyl (C=O) groups is 2. The van der Waals surface area contributed by atoms with E-state index in [-0.39, 0.29) is 36.4 Å². The first-order valence-electron chi connectivity index (χ1n) is 8.15. The summed E-state index contributed by atoms with van der Waals surface area (Å²) in [6, 6.07) is 1.85. The molecule has 0 spiro atoms. The second-order valence-corrected chi connectivity index (χ2v) is 6.82. The predicted octanol–water partition coefficient (Wildman–Crippen LogP) is 1.35. The standard InChI is InChI=1S/C16H23N3O3S.ClH/c17-10-13-2-3-14(22-13)16(21)19-6-1-5-18(7-8-19)15(20)12-4-9-23-11-12;/h4,9,11,13-14H,1-3,5-8,10,17H2;1H/t13-,14+;/m1./s1. The van der Waals surface area contributed by atoms with Gasteiger partial charge in [-0.3, -0.25) is 9.59 Å². The van der Waals surface area contributed by atoms with Crippen LogP contribution in [0.4, 0.5) is 0 Å². The highest BCUT2D eigenvalue weighted by Crippen LogP contribution is 2.21. The monoisotopic (exact) mass is 373 g/mol. The molecule has 6 nitrogen and oxygen atoms in total. The van der Waals surface area contributed by atoms with Gasteiger partial charge in [-0.2, -0.15) is 11.3 Å². The lowest BCUT2D eigenvalue weighted by Gasteiger charge is -2.24. The first-order chi connectivity index (χ1) is 11.2. The Labute approximate surface area is 152 Å². The number of rotatable bonds is 3. The normalized spacial score (nSPS) is 24.4. The Balaban J connectivity index is 0.00000208. The van der Waals surface area contributed by atoms with Crippen molar-refractivity contribution in [3.63, 3.8) is 0 Å². The average Bonchev–Trinajstić information content (AvgIpc) is 3.21. The number of hydrogen-bond acceptors (Lipinski definition) is 5. The van der Waals surface area contributed by atoms with E-state index in [1.54, 1.807) is 0 Å². The van der Waals surface area contributed by atoms with E-state index >= 15 is 0 Å². The van der Waals surface area contributed by atoms with E-state index in [4.69, 9.17) is 10.5 Å². The Morgan fingerprint density at radius 1 is 1.21 bits per heavy atom. The number of ether oxygens (including phenoxy) is 1. The number of halogens is 1. The second kappa shape index (κ2) is 8.80. The van der Waals surface area contributed by atoms with Crippen LogP contribution in [0.1, 0.15) is 29.6 Å². The van der Waals surface area contributed by atoms with Crippen LogP contribution in [0.3, 0.4) is 0 Å². The fourth-order valence-corrected chi connectivity index (χ4v) is 3.80. The molecule has 0 aromatic carbocycles. The lowest BCUT2D eigenvalue weighted by Crippen LogP contribution is -2.42. The van der Waals surface area contributed by atoms with Crippen molar-refractivity contribution in [2.75, 3.05) is 32.7 Å². The summed E-state index contributed by atoms with van der Waals surface area (Å²) in [6.07, 6.45) is 2.04. The maximum absolute atomic E-state index is 12.6. The van der Waals surface area contributed by atoms with Crippen molar-refractivity contribution >= 4 is 35.6 Å². The lowest BCUT2D eigenvalue weighted by molar-refractivity contribution is -0.142. The fourth-order valence-electron chi connectivity index (χ4n) is 3.17. The summed E-state index contributed by atoms with van der Waals surface area (Å²) < 4.78 is 5.70. The van der Waals surface area contributed by atoms with Crippen molar-refractivity contribution < 1.29 is 14.3 Å². The molecule has 0 radical (unpaired) electrons. The van der Waals surface area contributed by atoms with Gasteiger partial charge in [0.15, 0.2) is 0 Å². The summed E-state index contributed by atoms with van der Waals surface area (Å²) in [5.74, 6) is 0.103. The van der Waals surface area contributed by atoms with E-state index in [2.05, 4.69) is 0 Å². The summed E-state index contributed by atoms with van der Waals surface area (Å²) in [5, 5.41) is 3.78. The zero-order valence-electron chi connectivity index (χ0n) is 13.6. The van der Waals surface area contributed by atoms with Gasteiger partial charge < -0.3 is 20.3 Å². The molecule has 2 amide bonds. The molecule has 3 rings (SSSR count). The minimum absolute atomic E-state index is 0. The van der Waals surface area contributed by atoms with E-state index in [1.165, 1.54) is 11.3 Å². The molecule has 2 saturated heterocycles. The maximum atomic E-state index is 12.6. The third-order valence-electron chi connectivity index (χ3n) is 4.51. The molecule has 3 heterocycles. The van der Waals surface area contributed by atoms with Gasteiger partial charge in [0.05, 0.1) is 11.7 Å². The molecular weight excluding hydrogens is 350 g/mol. The highest BCUT2D eigenvalue weighted by molar-refractivity contribution is 7.08. The zero-order valence-corrected chi connectivity index (χ0v) is 15.2. The average molecular weight is 374 g/mol. The quantitative estimate of drug-likeness (QED) is 0.867. The van der Waals surface area contributed by atoms with Crippen LogP contribution in [-0.2, 0) is 9.53 Å². The highest BCUT2D eigenvalue weighted by Gasteiger charge is 2.33. The number of thiophene rings is 1. The van der Waals surface area contributed by atoms with Crippen LogP contribution in [0.5, 0.6) is 0 Å². The Morgan fingerprint density at radius 3 is 2.62 bits per heavy atom. The third-order valence-corrected chi connectivity index (χ3v) is 5.19. The molecule has 1 aromatic heterocycles. The SMILES string of the molecule is Cl.NC[C@H]1CC[C@@H](C(=O)N2CCCN(C(=O)c3ccsc3)CC2)O1. The maximum Gasteiger partial charge on any atom is 0.254 e. The van der Waals surface area contributed by atoms with Crippen molar-refractivity contribution in [3.8, 4) is 0 Å². The molecule has 8 heteroatoms. The number of nitrogens with two attached hydrogens (primary N) is 1. The van der Waals surface area contributed by atoms with E-state index in [0.29, 0.717) is 32.7 Å². The van der Waals surface area contributed by atoms with Crippen molar-refractivity contribution in [3.05, 3.63) is 22.4 Å². The summed E-state index contributed by atoms with van der Waals surface area (Å²) in [7, 11) is 0. The summed E-state index contributed by atoms with van der Waals surface area (Å²) in [6.45, 7) is 2.98. The molecule has 2 N–H and O–H groups in total. The van der Waals surface area contributed by atoms with Gasteiger partial charge in [-0.15, -0.1) is 12.4 Å². The molecule has 0 saturated carbocycles. The van der Waals surface area contributed by atoms with Gasteiger partial charge in [-0.05, 0) is 30.7 Å². The first kappa shape index (κ1) is 19.2. The molecule has 24 heavy (non-hydrogen) atoms. The van der Waals surface area contributed by atoms with Gasteiger partial charge in [-0.25, -0.2) is 0 Å². The molecule has 0 bridgehead atoms. The van der Waals surface area contributed by atoms with Crippen LogP contribution < -0.4 is 5.73 Å². The van der Waals surface area contributed by atoms with Gasteiger partial charge in [-0.1, -0.05) is 0 Å². The minimum Gasteiger partial charge on any atom is -0.364 e. The van der Waals surface area contributed by atoms with Gasteiger partial charge in [0.2, 0.25) is 0 Å². The highest BCUT2D eigenvalue weighted by atomic mass is 35.5. The van der Waals surface area contributed by atoms with Crippen LogP contribution in [-0.4, -0.2) is 66.5 Å². The van der Waals surface area contributed by atoms with Crippen LogP contribution >= 0.6 is 23.7 Å². The van der Waals surface area contributed by atoms with Gasteiger partial charge >= 0.3 is 0 Å². The molecule has 2 aliphatic rings. The summed E-state index contributed by atoms with van der Waals surface area (Å²) in [4.78, 5) is 28.7. The first-order valence-corrected chi connectivity index (χ1v) is 9.09. The van der Waals surface area contributed by atoms with E-state index in [9.17, 15) is 9.59 Å². The van der Waals surface area contributed by atoms with E-state index < -0.39 is 0 Å². The van der Waals surface area contributed by atoms with E-state index in [1.807, 2.05) is 26.6 Å². The van der Waals surface area contributed by atoms with Gasteiger partial charge in [0.25, 0.3) is 11.8 Å². The predicted molar refractivity (Wildman–Crippen MR) is 95.6 cm³/mol. The van der Waals surface area contributed by atoms with E-state index in [0.717, 1.165) is 24.8 Å². The molecular formula is C16H24ClN3O3S. The molecule has 0 aliphatic carbocycles. The fraction of sp³-hybridized carbons (Fsp3) is 0.625. The second-order valence-electron chi connectivity index (χ2n) is 6.04. The lowest BCUT2D eigenvalue weighted by atomic mass is 10.2. The zero-order chi connectivity index (χ0) is 16.2. The molecule has 134 valence electrons. The topological polar surface area (TPSA) is 75.9 Å². The molecule has 2 aliphatic heterocycles. The molecule has 2 fully saturated rings. The Hall–Kier alpha value is -1.15. The van der Waals surface area contributed by atoms with Crippen LogP contribution in [0.15, 0.2) is 16.8 Å². The third kappa shape index (κ3) is 4.27. The number of nitrogens with zero attached hydrogens (tertiary/aromatic N) is 2. The van der Waals surface area contributed by atoms with Gasteiger partial charge in [0.1, 0.15) is 6.10 Å². The smallest absolute Gasteiger partial charge is 0.254 e. The summed E-state index contributed by atoms with van der Waals surface area (Å²) >= 11 is 1.52. The Kier molecular flexibility index (Phi) is 7.03. The summed E-state index contributed by atoms with van der Waals surface area (Å²) in [5.41, 5.74) is 6.34. The number of carbonyl (C=O) groups excluding carboxylic acids is 2. The van der Waals surface area contributed by atoms with Crippen LogP contribution in [0.2, 0.25) is 0 Å². The van der Waals surface area contributed by atoms with Crippen molar-refractivity contribution in [2.45, 2.75) is 31.5 Å². The van der Waals surface area contributed by atoms with Crippen LogP contribution in [0, 0.1) is 0 Å². The minimum atomic E-state index is -0.359. The Morgan fingerprint density at radius 2 is 1.96 bits per heavy atom. The van der Waals surface area contributed by atoms with Crippen molar-refractivity contribution in [2.24, 2.45) is 5.73 Å². The number of amides is 2. The van der Waals surface area contributed by atoms with Crippen LogP contribution in [0.25, 0.3) is 0 Å². The largest absolute Gasteiger partial charge is 0.364 e. The number of hydrogen-bond donors (Lipinski definition) is 1. The van der Waals surface area contributed by atoms with Gasteiger partial charge in [0, 0.05) is 38.1 Å². The van der Waals surface area contributed by atoms with Crippen molar-refractivity contribution in [1.82, 2.24) is 9.80 Å². The Bertz CT molecular complexity index is 555.